The third-order valence-electron chi connectivity index (χ3n) is 3.16. The maximum Gasteiger partial charge on any atom is 0.387 e. The van der Waals surface area contributed by atoms with Gasteiger partial charge in [-0.05, 0) is 24.6 Å². The summed E-state index contributed by atoms with van der Waals surface area (Å²) in [5, 5.41) is 3.94. The van der Waals surface area contributed by atoms with Crippen molar-refractivity contribution in [3.63, 3.8) is 0 Å². The topological polar surface area (TPSA) is 21.3 Å². The fraction of sp³-hybridized carbons (Fsp3) is 0.250. The highest BCUT2D eigenvalue weighted by molar-refractivity contribution is 6.31. The molecule has 5 heteroatoms. The van der Waals surface area contributed by atoms with E-state index in [9.17, 15) is 8.78 Å². The van der Waals surface area contributed by atoms with Crippen LogP contribution in [0.4, 0.5) is 8.78 Å². The third-order valence-corrected chi connectivity index (χ3v) is 3.50. The molecule has 0 bridgehead atoms. The Bertz CT molecular complexity index is 592. The summed E-state index contributed by atoms with van der Waals surface area (Å²) in [5.74, 6) is 0.186. The van der Waals surface area contributed by atoms with E-state index in [0.717, 1.165) is 5.56 Å². The molecule has 1 atom stereocenters. The monoisotopic (exact) mass is 311 g/mol. The van der Waals surface area contributed by atoms with Crippen LogP contribution >= 0.6 is 11.6 Å². The highest BCUT2D eigenvalue weighted by Crippen LogP contribution is 2.24. The van der Waals surface area contributed by atoms with E-state index in [1.807, 2.05) is 31.2 Å². The summed E-state index contributed by atoms with van der Waals surface area (Å²) in [7, 11) is 0. The SMILES string of the molecule is CC(NCc1ccccc1OC(F)F)c1ccccc1Cl. The lowest BCUT2D eigenvalue weighted by molar-refractivity contribution is -0.0505. The molecule has 0 aromatic heterocycles. The number of halogens is 3. The largest absolute Gasteiger partial charge is 0.434 e. The summed E-state index contributed by atoms with van der Waals surface area (Å²) < 4.78 is 29.2. The van der Waals surface area contributed by atoms with Gasteiger partial charge in [0.15, 0.2) is 0 Å². The van der Waals surface area contributed by atoms with Crippen molar-refractivity contribution in [3.05, 3.63) is 64.7 Å². The maximum atomic E-state index is 12.4. The van der Waals surface area contributed by atoms with Crippen LogP contribution in [0.2, 0.25) is 5.02 Å². The number of nitrogens with one attached hydrogen (secondary N) is 1. The van der Waals surface area contributed by atoms with Gasteiger partial charge in [0.25, 0.3) is 0 Å². The van der Waals surface area contributed by atoms with E-state index in [1.165, 1.54) is 6.07 Å². The number of hydrogen-bond donors (Lipinski definition) is 1. The number of ether oxygens (including phenoxy) is 1. The molecule has 0 saturated heterocycles. The second-order valence-electron chi connectivity index (χ2n) is 4.61. The predicted molar refractivity (Wildman–Crippen MR) is 79.8 cm³/mol. The van der Waals surface area contributed by atoms with Crippen molar-refractivity contribution in [2.45, 2.75) is 26.1 Å². The molecule has 21 heavy (non-hydrogen) atoms. The minimum atomic E-state index is -2.83. The minimum Gasteiger partial charge on any atom is -0.434 e. The molecule has 1 N–H and O–H groups in total. The van der Waals surface area contributed by atoms with E-state index in [1.54, 1.807) is 18.2 Å². The molecule has 2 nitrogen and oxygen atoms in total. The van der Waals surface area contributed by atoms with E-state index in [4.69, 9.17) is 11.6 Å². The summed E-state index contributed by atoms with van der Waals surface area (Å²) in [6.45, 7) is -0.445. The van der Waals surface area contributed by atoms with Gasteiger partial charge in [-0.15, -0.1) is 0 Å². The zero-order valence-corrected chi connectivity index (χ0v) is 12.3. The number of hydrogen-bond acceptors (Lipinski definition) is 2. The Balaban J connectivity index is 2.05. The second-order valence-corrected chi connectivity index (χ2v) is 5.02. The highest BCUT2D eigenvalue weighted by Gasteiger charge is 2.12. The van der Waals surface area contributed by atoms with Crippen LogP contribution in [0.25, 0.3) is 0 Å². The van der Waals surface area contributed by atoms with Gasteiger partial charge in [-0.2, -0.15) is 8.78 Å². The van der Waals surface area contributed by atoms with Crippen LogP contribution in [0.1, 0.15) is 24.1 Å². The Hall–Kier alpha value is -1.65. The van der Waals surface area contributed by atoms with Crippen molar-refractivity contribution in [3.8, 4) is 5.75 Å². The van der Waals surface area contributed by atoms with Gasteiger partial charge in [-0.1, -0.05) is 48.0 Å². The van der Waals surface area contributed by atoms with Crippen LogP contribution in [-0.4, -0.2) is 6.61 Å². The first kappa shape index (κ1) is 15.7. The zero-order valence-electron chi connectivity index (χ0n) is 11.5. The van der Waals surface area contributed by atoms with Crippen molar-refractivity contribution in [1.82, 2.24) is 5.32 Å². The van der Waals surface area contributed by atoms with E-state index in [-0.39, 0.29) is 11.8 Å². The van der Waals surface area contributed by atoms with Gasteiger partial charge < -0.3 is 10.1 Å². The zero-order chi connectivity index (χ0) is 15.2. The minimum absolute atomic E-state index is 0.00157. The van der Waals surface area contributed by atoms with Gasteiger partial charge in [-0.3, -0.25) is 0 Å². The Labute approximate surface area is 127 Å². The van der Waals surface area contributed by atoms with Gasteiger partial charge in [0.1, 0.15) is 5.75 Å². The lowest BCUT2D eigenvalue weighted by atomic mass is 10.1. The summed E-state index contributed by atoms with van der Waals surface area (Å²) in [5.41, 5.74) is 1.64. The molecule has 0 aliphatic carbocycles. The molecule has 0 aliphatic heterocycles. The molecular formula is C16H16ClF2NO. The first-order chi connectivity index (χ1) is 10.1. The van der Waals surface area contributed by atoms with Crippen LogP contribution in [0.3, 0.4) is 0 Å². The molecule has 0 saturated carbocycles. The van der Waals surface area contributed by atoms with Crippen molar-refractivity contribution < 1.29 is 13.5 Å². The van der Waals surface area contributed by atoms with Crippen molar-refractivity contribution in [1.29, 1.82) is 0 Å². The molecule has 2 rings (SSSR count). The fourth-order valence-electron chi connectivity index (χ4n) is 2.06. The highest BCUT2D eigenvalue weighted by atomic mass is 35.5. The fourth-order valence-corrected chi connectivity index (χ4v) is 2.36. The molecule has 0 spiro atoms. The molecule has 2 aromatic rings. The summed E-state index contributed by atoms with van der Waals surface area (Å²) in [6.07, 6.45) is 0. The molecule has 2 aromatic carbocycles. The smallest absolute Gasteiger partial charge is 0.387 e. The quantitative estimate of drug-likeness (QED) is 0.828. The first-order valence-corrected chi connectivity index (χ1v) is 6.96. The molecule has 1 unspecified atom stereocenters. The van der Waals surface area contributed by atoms with Crippen molar-refractivity contribution in [2.24, 2.45) is 0 Å². The van der Waals surface area contributed by atoms with Crippen molar-refractivity contribution in [2.75, 3.05) is 0 Å². The average molecular weight is 312 g/mol. The predicted octanol–water partition coefficient (Wildman–Crippen LogP) is 4.79. The number of para-hydroxylation sites is 1. The van der Waals surface area contributed by atoms with Crippen LogP contribution in [-0.2, 0) is 6.54 Å². The van der Waals surface area contributed by atoms with Gasteiger partial charge in [0, 0.05) is 23.2 Å². The van der Waals surface area contributed by atoms with E-state index >= 15 is 0 Å². The van der Waals surface area contributed by atoms with Gasteiger partial charge in [-0.25, -0.2) is 0 Å². The van der Waals surface area contributed by atoms with Crippen LogP contribution in [0, 0.1) is 0 Å². The number of rotatable bonds is 6. The normalized spacial score (nSPS) is 12.4. The van der Waals surface area contributed by atoms with Gasteiger partial charge >= 0.3 is 6.61 Å². The number of alkyl halides is 2. The Morgan fingerprint density at radius 3 is 2.48 bits per heavy atom. The molecule has 112 valence electrons. The average Bonchev–Trinajstić information content (AvgIpc) is 2.46. The molecule has 0 fully saturated rings. The van der Waals surface area contributed by atoms with Crippen molar-refractivity contribution >= 4 is 11.6 Å². The second kappa shape index (κ2) is 7.38. The Kier molecular flexibility index (Phi) is 5.53. The summed E-state index contributed by atoms with van der Waals surface area (Å²) in [4.78, 5) is 0. The van der Waals surface area contributed by atoms with E-state index < -0.39 is 6.61 Å². The van der Waals surface area contributed by atoms with Gasteiger partial charge in [0.2, 0.25) is 0 Å². The summed E-state index contributed by atoms with van der Waals surface area (Å²) in [6, 6.07) is 14.3. The standard InChI is InChI=1S/C16H16ClF2NO/c1-11(13-7-3-4-8-14(13)17)20-10-12-6-2-5-9-15(12)21-16(18)19/h2-9,11,16,20H,10H2,1H3. The Morgan fingerprint density at radius 1 is 1.10 bits per heavy atom. The van der Waals surface area contributed by atoms with Crippen LogP contribution in [0.5, 0.6) is 5.75 Å². The molecule has 0 amide bonds. The summed E-state index contributed by atoms with van der Waals surface area (Å²) >= 11 is 6.14. The third kappa shape index (κ3) is 4.41. The van der Waals surface area contributed by atoms with E-state index in [2.05, 4.69) is 10.1 Å². The van der Waals surface area contributed by atoms with Crippen LogP contribution in [0.15, 0.2) is 48.5 Å². The molecule has 0 radical (unpaired) electrons. The molecule has 0 aliphatic rings. The van der Waals surface area contributed by atoms with Crippen LogP contribution < -0.4 is 10.1 Å². The van der Waals surface area contributed by atoms with E-state index in [0.29, 0.717) is 17.1 Å². The Morgan fingerprint density at radius 2 is 1.76 bits per heavy atom. The lowest BCUT2D eigenvalue weighted by Crippen LogP contribution is -2.19. The molecular weight excluding hydrogens is 296 g/mol. The molecule has 0 heterocycles. The number of benzene rings is 2. The first-order valence-electron chi connectivity index (χ1n) is 6.58. The maximum absolute atomic E-state index is 12.4. The van der Waals surface area contributed by atoms with Gasteiger partial charge in [0.05, 0.1) is 0 Å². The lowest BCUT2D eigenvalue weighted by Gasteiger charge is -2.17.